The summed E-state index contributed by atoms with van der Waals surface area (Å²) in [6.07, 6.45) is -3.70. The van der Waals surface area contributed by atoms with Crippen LogP contribution in [0.2, 0.25) is 0 Å². The Morgan fingerprint density at radius 2 is 1.02 bits per heavy atom. The molecule has 4 atom stereocenters. The molecule has 2 unspecified atom stereocenters. The van der Waals surface area contributed by atoms with Crippen molar-refractivity contribution in [3.63, 3.8) is 0 Å². The number of benzene rings is 2. The van der Waals surface area contributed by atoms with Crippen LogP contribution in [-0.2, 0) is 60.6 Å². The van der Waals surface area contributed by atoms with Gasteiger partial charge in [-0.3, -0.25) is 28.8 Å². The Balaban J connectivity index is 1.59. The first-order chi connectivity index (χ1) is 23.9. The number of fused-ring (bicyclic) bond motifs is 2. The van der Waals surface area contributed by atoms with Crippen molar-refractivity contribution in [2.24, 2.45) is 0 Å². The SMILES string of the molecule is CC(=O)O[C@H](C(=O)NC(Cc1c[nH]c2ccccc12)OCCC(=O)O)[C@H](OC(C)=O)C(=O)NC(Cc1c[nH]c2ccccc12)OCCC(=O)O. The highest BCUT2D eigenvalue weighted by molar-refractivity contribution is 5.94. The van der Waals surface area contributed by atoms with E-state index in [2.05, 4.69) is 20.6 Å². The largest absolute Gasteiger partial charge is 0.481 e. The minimum Gasteiger partial charge on any atom is -0.481 e. The lowest BCUT2D eigenvalue weighted by molar-refractivity contribution is -0.176. The second kappa shape index (κ2) is 17.6. The van der Waals surface area contributed by atoms with Gasteiger partial charge < -0.3 is 49.8 Å². The molecule has 0 aliphatic carbocycles. The van der Waals surface area contributed by atoms with Crippen molar-refractivity contribution in [2.45, 2.75) is 64.2 Å². The number of carbonyl (C=O) groups is 6. The zero-order chi connectivity index (χ0) is 36.2. The van der Waals surface area contributed by atoms with Crippen LogP contribution in [0.25, 0.3) is 21.8 Å². The number of ether oxygens (including phenoxy) is 4. The molecular weight excluding hydrogens is 656 g/mol. The third-order valence-corrected chi connectivity index (χ3v) is 7.41. The minimum absolute atomic E-state index is 0.0384. The predicted octanol–water partition coefficient (Wildman–Crippen LogP) is 2.17. The number of rotatable bonds is 19. The normalized spacial score (nSPS) is 13.6. The number of esters is 2. The summed E-state index contributed by atoms with van der Waals surface area (Å²) in [4.78, 5) is 80.5. The van der Waals surface area contributed by atoms with Crippen LogP contribution in [0, 0.1) is 0 Å². The lowest BCUT2D eigenvalue weighted by Gasteiger charge is -2.28. The van der Waals surface area contributed by atoms with Crippen LogP contribution in [0.1, 0.15) is 37.8 Å². The summed E-state index contributed by atoms with van der Waals surface area (Å²) in [6.45, 7) is 1.39. The highest BCUT2D eigenvalue weighted by Gasteiger charge is 2.41. The molecule has 4 rings (SSSR count). The number of carboxylic acids is 2. The number of carbonyl (C=O) groups excluding carboxylic acids is 4. The molecule has 0 bridgehead atoms. The van der Waals surface area contributed by atoms with Crippen molar-refractivity contribution in [3.8, 4) is 0 Å². The standard InChI is InChI=1S/C34H38N4O12/c1-19(39)49-31(33(45)37-27(47-13-11-29(41)42)15-21-17-35-25-9-5-3-7-23(21)25)32(50-20(2)40)34(46)38-28(48-14-12-30(43)44)16-22-18-36-26-10-6-4-8-24(22)26/h3-10,17-18,27-28,31-32,35-36H,11-16H2,1-2H3,(H,37,45)(H,38,46)(H,41,42)(H,43,44)/t27?,28?,31-,32-/m0/s1. The van der Waals surface area contributed by atoms with E-state index in [0.29, 0.717) is 11.1 Å². The van der Waals surface area contributed by atoms with Gasteiger partial charge in [-0.05, 0) is 23.3 Å². The molecular formula is C34H38N4O12. The Hall–Kier alpha value is -5.74. The van der Waals surface area contributed by atoms with Crippen molar-refractivity contribution in [3.05, 3.63) is 72.1 Å². The quantitative estimate of drug-likeness (QED) is 0.0612. The van der Waals surface area contributed by atoms with Crippen LogP contribution < -0.4 is 10.6 Å². The summed E-state index contributed by atoms with van der Waals surface area (Å²) in [5.74, 6) is -6.41. The van der Waals surface area contributed by atoms with Gasteiger partial charge >= 0.3 is 23.9 Å². The molecule has 0 saturated carbocycles. The van der Waals surface area contributed by atoms with Crippen LogP contribution in [-0.4, -0.2) is 93.8 Å². The van der Waals surface area contributed by atoms with Gasteiger partial charge in [0.25, 0.3) is 11.8 Å². The molecule has 0 radical (unpaired) electrons. The Morgan fingerprint density at radius 3 is 1.38 bits per heavy atom. The van der Waals surface area contributed by atoms with Crippen molar-refractivity contribution in [2.75, 3.05) is 13.2 Å². The zero-order valence-corrected chi connectivity index (χ0v) is 27.3. The number of nitrogens with one attached hydrogen (secondary N) is 4. The summed E-state index contributed by atoms with van der Waals surface area (Å²) in [5, 5.41) is 25.0. The summed E-state index contributed by atoms with van der Waals surface area (Å²) in [7, 11) is 0. The minimum atomic E-state index is -2.03. The van der Waals surface area contributed by atoms with Gasteiger partial charge in [-0.1, -0.05) is 36.4 Å². The maximum absolute atomic E-state index is 13.8. The van der Waals surface area contributed by atoms with Gasteiger partial charge in [0.15, 0.2) is 0 Å². The summed E-state index contributed by atoms with van der Waals surface area (Å²) < 4.78 is 21.9. The van der Waals surface area contributed by atoms with Crippen molar-refractivity contribution >= 4 is 57.5 Å². The second-order valence-electron chi connectivity index (χ2n) is 11.2. The van der Waals surface area contributed by atoms with E-state index in [4.69, 9.17) is 29.2 Å². The highest BCUT2D eigenvalue weighted by Crippen LogP contribution is 2.21. The Bertz CT molecular complexity index is 1700. The molecule has 2 amide bonds. The molecule has 2 heterocycles. The number of carboxylic acid groups (broad SMARTS) is 2. The summed E-state index contributed by atoms with van der Waals surface area (Å²) >= 11 is 0. The van der Waals surface area contributed by atoms with Gasteiger partial charge in [0.05, 0.1) is 26.1 Å². The number of aromatic amines is 2. The van der Waals surface area contributed by atoms with E-state index in [1.807, 2.05) is 48.5 Å². The molecule has 266 valence electrons. The first-order valence-electron chi connectivity index (χ1n) is 15.6. The first-order valence-corrected chi connectivity index (χ1v) is 15.6. The third kappa shape index (κ3) is 10.6. The fourth-order valence-corrected chi connectivity index (χ4v) is 5.23. The van der Waals surface area contributed by atoms with E-state index < -0.39 is 60.4 Å². The van der Waals surface area contributed by atoms with E-state index in [-0.39, 0.29) is 38.9 Å². The fraction of sp³-hybridized carbons (Fsp3) is 0.353. The number of para-hydroxylation sites is 2. The van der Waals surface area contributed by atoms with Crippen LogP contribution in [0.3, 0.4) is 0 Å². The van der Waals surface area contributed by atoms with E-state index >= 15 is 0 Å². The average molecular weight is 695 g/mol. The lowest BCUT2D eigenvalue weighted by Crippen LogP contribution is -2.57. The molecule has 6 N–H and O–H groups in total. The van der Waals surface area contributed by atoms with E-state index in [1.165, 1.54) is 0 Å². The van der Waals surface area contributed by atoms with Crippen LogP contribution in [0.5, 0.6) is 0 Å². The Kier molecular flexibility index (Phi) is 13.1. The Labute approximate surface area is 285 Å². The van der Waals surface area contributed by atoms with Crippen molar-refractivity contribution < 1.29 is 57.9 Å². The highest BCUT2D eigenvalue weighted by atomic mass is 16.6. The molecule has 16 nitrogen and oxygen atoms in total. The monoisotopic (exact) mass is 694 g/mol. The maximum Gasteiger partial charge on any atom is 0.305 e. The number of aromatic nitrogens is 2. The van der Waals surface area contributed by atoms with Crippen molar-refractivity contribution in [1.82, 2.24) is 20.6 Å². The number of amides is 2. The maximum atomic E-state index is 13.8. The van der Waals surface area contributed by atoms with Gasteiger partial charge in [-0.25, -0.2) is 0 Å². The smallest absolute Gasteiger partial charge is 0.305 e. The fourth-order valence-electron chi connectivity index (χ4n) is 5.23. The number of H-pyrrole nitrogens is 2. The molecule has 2 aromatic heterocycles. The molecule has 0 spiro atoms. The molecule has 50 heavy (non-hydrogen) atoms. The van der Waals surface area contributed by atoms with Gasteiger partial charge in [-0.2, -0.15) is 0 Å². The van der Waals surface area contributed by atoms with Gasteiger partial charge in [0.2, 0.25) is 12.2 Å². The van der Waals surface area contributed by atoms with Crippen LogP contribution in [0.15, 0.2) is 60.9 Å². The topological polar surface area (TPSA) is 235 Å². The molecule has 2 aromatic carbocycles. The second-order valence-corrected chi connectivity index (χ2v) is 11.2. The molecule has 0 saturated heterocycles. The molecule has 4 aromatic rings. The first kappa shape index (κ1) is 37.1. The molecule has 0 aliphatic heterocycles. The molecule has 0 aliphatic rings. The summed E-state index contributed by atoms with van der Waals surface area (Å²) in [5.41, 5.74) is 3.02. The average Bonchev–Trinajstić information content (AvgIpc) is 3.66. The van der Waals surface area contributed by atoms with Crippen LogP contribution in [0.4, 0.5) is 0 Å². The van der Waals surface area contributed by atoms with Gasteiger partial charge in [0, 0.05) is 60.9 Å². The molecule has 16 heteroatoms. The van der Waals surface area contributed by atoms with Crippen molar-refractivity contribution in [1.29, 1.82) is 0 Å². The predicted molar refractivity (Wildman–Crippen MR) is 175 cm³/mol. The van der Waals surface area contributed by atoms with Crippen LogP contribution >= 0.6 is 0 Å². The van der Waals surface area contributed by atoms with E-state index in [9.17, 15) is 28.8 Å². The van der Waals surface area contributed by atoms with E-state index in [1.54, 1.807) is 12.4 Å². The number of hydrogen-bond donors (Lipinski definition) is 6. The Morgan fingerprint density at radius 1 is 0.640 bits per heavy atom. The van der Waals surface area contributed by atoms with Gasteiger partial charge in [0.1, 0.15) is 12.5 Å². The van der Waals surface area contributed by atoms with E-state index in [0.717, 1.165) is 35.7 Å². The summed E-state index contributed by atoms with van der Waals surface area (Å²) in [6, 6.07) is 14.6. The number of aliphatic carboxylic acids is 2. The molecule has 0 fully saturated rings. The third-order valence-electron chi connectivity index (χ3n) is 7.41. The lowest BCUT2D eigenvalue weighted by atomic mass is 10.1. The van der Waals surface area contributed by atoms with Gasteiger partial charge in [-0.15, -0.1) is 0 Å². The zero-order valence-electron chi connectivity index (χ0n) is 27.3. The number of hydrogen-bond acceptors (Lipinski definition) is 10.